The van der Waals surface area contributed by atoms with Gasteiger partial charge in [0.05, 0.1) is 0 Å². The minimum Gasteiger partial charge on any atom is -0.311 e. The first kappa shape index (κ1) is 12.6. The molecule has 2 heterocycles. The smallest absolute Gasteiger partial charge is 0.0332 e. The molecule has 2 unspecified atom stereocenters. The summed E-state index contributed by atoms with van der Waals surface area (Å²) in [5, 5.41) is 3.52. The fraction of sp³-hybridized carbons (Fsp3) is 0.667. The van der Waals surface area contributed by atoms with E-state index in [9.17, 15) is 0 Å². The van der Waals surface area contributed by atoms with Crippen molar-refractivity contribution in [1.29, 1.82) is 0 Å². The van der Waals surface area contributed by atoms with Crippen molar-refractivity contribution >= 4 is 27.3 Å². The maximum atomic E-state index is 3.59. The van der Waals surface area contributed by atoms with Crippen LogP contribution in [0.25, 0.3) is 0 Å². The quantitative estimate of drug-likeness (QED) is 0.903. The summed E-state index contributed by atoms with van der Waals surface area (Å²) in [6, 6.07) is 3.51. The number of nitrogens with zero attached hydrogens (tertiary/aromatic N) is 1. The number of nitrogens with one attached hydrogen (secondary N) is 1. The lowest BCUT2D eigenvalue weighted by molar-refractivity contribution is 0.140. The van der Waals surface area contributed by atoms with Gasteiger partial charge in [0.15, 0.2) is 0 Å². The van der Waals surface area contributed by atoms with Gasteiger partial charge in [0, 0.05) is 45.9 Å². The van der Waals surface area contributed by atoms with E-state index in [4.69, 9.17) is 0 Å². The molecule has 0 amide bonds. The fourth-order valence-electron chi connectivity index (χ4n) is 2.11. The highest BCUT2D eigenvalue weighted by Gasteiger charge is 2.22. The van der Waals surface area contributed by atoms with Crippen LogP contribution >= 0.6 is 27.3 Å². The van der Waals surface area contributed by atoms with Crippen molar-refractivity contribution in [3.05, 3.63) is 20.3 Å². The van der Waals surface area contributed by atoms with Gasteiger partial charge in [-0.05, 0) is 42.8 Å². The molecule has 0 aromatic carbocycles. The number of halogens is 1. The molecule has 4 heteroatoms. The Balaban J connectivity index is 2.02. The van der Waals surface area contributed by atoms with Crippen LogP contribution in [0.3, 0.4) is 0 Å². The Labute approximate surface area is 110 Å². The second-order valence-corrected chi connectivity index (χ2v) is 6.90. The SMILES string of the molecule is Cc1sc(CN2CC(C)NCC2C)cc1Br. The molecular weight excluding hydrogens is 284 g/mol. The second-order valence-electron chi connectivity index (χ2n) is 4.70. The van der Waals surface area contributed by atoms with Crippen molar-refractivity contribution < 1.29 is 0 Å². The van der Waals surface area contributed by atoms with Gasteiger partial charge in [-0.3, -0.25) is 4.90 Å². The van der Waals surface area contributed by atoms with Crippen LogP contribution in [-0.2, 0) is 6.54 Å². The number of hydrogen-bond acceptors (Lipinski definition) is 3. The molecule has 1 aliphatic heterocycles. The van der Waals surface area contributed by atoms with E-state index in [1.807, 2.05) is 11.3 Å². The average molecular weight is 303 g/mol. The third kappa shape index (κ3) is 2.86. The van der Waals surface area contributed by atoms with Gasteiger partial charge in [-0.25, -0.2) is 0 Å². The lowest BCUT2D eigenvalue weighted by Crippen LogP contribution is -2.53. The zero-order valence-electron chi connectivity index (χ0n) is 10.1. The van der Waals surface area contributed by atoms with Crippen molar-refractivity contribution in [2.75, 3.05) is 13.1 Å². The Hall–Kier alpha value is 0.100. The van der Waals surface area contributed by atoms with E-state index < -0.39 is 0 Å². The summed E-state index contributed by atoms with van der Waals surface area (Å²) in [4.78, 5) is 5.41. The lowest BCUT2D eigenvalue weighted by Gasteiger charge is -2.37. The largest absolute Gasteiger partial charge is 0.311 e. The van der Waals surface area contributed by atoms with Gasteiger partial charge in [-0.1, -0.05) is 0 Å². The van der Waals surface area contributed by atoms with Gasteiger partial charge >= 0.3 is 0 Å². The predicted octanol–water partition coefficient (Wildman–Crippen LogP) is 3.00. The molecule has 90 valence electrons. The number of piperazine rings is 1. The molecule has 0 saturated carbocycles. The Bertz CT molecular complexity index is 344. The highest BCUT2D eigenvalue weighted by Crippen LogP contribution is 2.28. The van der Waals surface area contributed by atoms with Crippen molar-refractivity contribution in [2.45, 2.75) is 39.4 Å². The normalized spacial score (nSPS) is 27.2. The zero-order valence-corrected chi connectivity index (χ0v) is 12.5. The Morgan fingerprint density at radius 3 is 2.94 bits per heavy atom. The number of aryl methyl sites for hydroxylation is 1. The third-order valence-electron chi connectivity index (χ3n) is 3.16. The maximum Gasteiger partial charge on any atom is 0.0332 e. The van der Waals surface area contributed by atoms with Gasteiger partial charge in [0.25, 0.3) is 0 Å². The van der Waals surface area contributed by atoms with Gasteiger partial charge in [-0.2, -0.15) is 0 Å². The molecule has 0 aliphatic carbocycles. The molecule has 1 aliphatic rings. The summed E-state index contributed by atoms with van der Waals surface area (Å²) < 4.78 is 1.25. The van der Waals surface area contributed by atoms with Crippen molar-refractivity contribution in [2.24, 2.45) is 0 Å². The van der Waals surface area contributed by atoms with Crippen LogP contribution in [-0.4, -0.2) is 30.1 Å². The molecule has 16 heavy (non-hydrogen) atoms. The summed E-state index contributed by atoms with van der Waals surface area (Å²) >= 11 is 5.49. The molecule has 0 bridgehead atoms. The topological polar surface area (TPSA) is 15.3 Å². The van der Waals surface area contributed by atoms with Crippen LogP contribution < -0.4 is 5.32 Å². The first-order valence-corrected chi connectivity index (χ1v) is 7.39. The second kappa shape index (κ2) is 5.17. The molecule has 2 atom stereocenters. The monoisotopic (exact) mass is 302 g/mol. The van der Waals surface area contributed by atoms with Gasteiger partial charge in [0.1, 0.15) is 0 Å². The summed E-state index contributed by atoms with van der Waals surface area (Å²) in [5.74, 6) is 0. The van der Waals surface area contributed by atoms with Crippen molar-refractivity contribution in [3.63, 3.8) is 0 Å². The molecular formula is C12H19BrN2S. The molecule has 1 N–H and O–H groups in total. The van der Waals surface area contributed by atoms with Crippen molar-refractivity contribution in [3.8, 4) is 0 Å². The van der Waals surface area contributed by atoms with Crippen molar-refractivity contribution in [1.82, 2.24) is 10.2 Å². The van der Waals surface area contributed by atoms with Crippen LogP contribution in [0.5, 0.6) is 0 Å². The van der Waals surface area contributed by atoms with E-state index in [1.54, 1.807) is 0 Å². The predicted molar refractivity (Wildman–Crippen MR) is 74.1 cm³/mol. The molecule has 2 nitrogen and oxygen atoms in total. The van der Waals surface area contributed by atoms with Crippen LogP contribution in [0.4, 0.5) is 0 Å². The minimum atomic E-state index is 0.612. The molecule has 0 radical (unpaired) electrons. The molecule has 1 fully saturated rings. The van der Waals surface area contributed by atoms with E-state index in [2.05, 4.69) is 53.0 Å². The maximum absolute atomic E-state index is 3.59. The molecule has 1 aromatic heterocycles. The van der Waals surface area contributed by atoms with Gasteiger partial charge in [-0.15, -0.1) is 11.3 Å². The van der Waals surface area contributed by atoms with Gasteiger partial charge in [0.2, 0.25) is 0 Å². The average Bonchev–Trinajstić information content (AvgIpc) is 2.52. The summed E-state index contributed by atoms with van der Waals surface area (Å²) in [7, 11) is 0. The van der Waals surface area contributed by atoms with E-state index in [1.165, 1.54) is 14.2 Å². The molecule has 1 saturated heterocycles. The molecule has 0 spiro atoms. The Morgan fingerprint density at radius 1 is 1.56 bits per heavy atom. The van der Waals surface area contributed by atoms with E-state index in [-0.39, 0.29) is 0 Å². The van der Waals surface area contributed by atoms with Crippen LogP contribution in [0.15, 0.2) is 10.5 Å². The standard InChI is InChI=1S/C12H19BrN2S/c1-8-6-15(9(2)5-14-8)7-11-4-12(13)10(3)16-11/h4,8-9,14H,5-7H2,1-3H3. The zero-order chi connectivity index (χ0) is 11.7. The van der Waals surface area contributed by atoms with Gasteiger partial charge < -0.3 is 5.32 Å². The van der Waals surface area contributed by atoms with Crippen LogP contribution in [0, 0.1) is 6.92 Å². The summed E-state index contributed by atoms with van der Waals surface area (Å²) in [5.41, 5.74) is 0. The highest BCUT2D eigenvalue weighted by atomic mass is 79.9. The summed E-state index contributed by atoms with van der Waals surface area (Å²) in [6.45, 7) is 10.1. The number of hydrogen-bond donors (Lipinski definition) is 1. The minimum absolute atomic E-state index is 0.612. The lowest BCUT2D eigenvalue weighted by atomic mass is 10.1. The summed E-state index contributed by atoms with van der Waals surface area (Å²) in [6.07, 6.45) is 0. The number of rotatable bonds is 2. The first-order chi connectivity index (χ1) is 7.56. The highest BCUT2D eigenvalue weighted by molar-refractivity contribution is 9.10. The molecule has 1 aromatic rings. The Morgan fingerprint density at radius 2 is 2.31 bits per heavy atom. The van der Waals surface area contributed by atoms with Crippen LogP contribution in [0.1, 0.15) is 23.6 Å². The Kier molecular flexibility index (Phi) is 4.06. The van der Waals surface area contributed by atoms with Crippen LogP contribution in [0.2, 0.25) is 0 Å². The fourth-order valence-corrected chi connectivity index (χ4v) is 3.74. The van der Waals surface area contributed by atoms with E-state index >= 15 is 0 Å². The molecule has 2 rings (SSSR count). The van der Waals surface area contributed by atoms with E-state index in [0.717, 1.165) is 19.6 Å². The first-order valence-electron chi connectivity index (χ1n) is 5.78. The third-order valence-corrected chi connectivity index (χ3v) is 5.28. The number of thiophene rings is 1. The van der Waals surface area contributed by atoms with E-state index in [0.29, 0.717) is 12.1 Å².